The second kappa shape index (κ2) is 3.17. The van der Waals surface area contributed by atoms with E-state index in [2.05, 4.69) is 23.0 Å². The van der Waals surface area contributed by atoms with Crippen LogP contribution in [0.3, 0.4) is 0 Å². The summed E-state index contributed by atoms with van der Waals surface area (Å²) in [5.74, 6) is 0.913. The topological polar surface area (TPSA) is 25.8 Å². The summed E-state index contributed by atoms with van der Waals surface area (Å²) in [5, 5.41) is 0. The molecular weight excluding hydrogens is 112 g/mol. The molecule has 0 aromatic carbocycles. The number of nitrogens with zero attached hydrogens (tertiary/aromatic N) is 2. The molecule has 0 bridgehead atoms. The third-order valence-corrected chi connectivity index (χ3v) is 1.05. The summed E-state index contributed by atoms with van der Waals surface area (Å²) in [6.45, 7) is 2.11. The molecule has 1 aromatic rings. The minimum absolute atomic E-state index is 0.913. The molecule has 1 aromatic heterocycles. The van der Waals surface area contributed by atoms with E-state index in [-0.39, 0.29) is 0 Å². The van der Waals surface area contributed by atoms with Crippen LogP contribution in [0.2, 0.25) is 0 Å². The Morgan fingerprint density at radius 2 is 2.11 bits per heavy atom. The smallest absolute Gasteiger partial charge is 0.128 e. The molecule has 0 aliphatic heterocycles. The van der Waals surface area contributed by atoms with E-state index in [0.717, 1.165) is 18.7 Å². The van der Waals surface area contributed by atoms with Crippen LogP contribution in [0.25, 0.3) is 0 Å². The molecule has 0 spiro atoms. The molecule has 0 aliphatic rings. The first-order valence-electron chi connectivity index (χ1n) is 3.10. The molecule has 1 heterocycles. The highest BCUT2D eigenvalue weighted by atomic mass is 14.8. The van der Waals surface area contributed by atoms with Gasteiger partial charge in [-0.15, -0.1) is 0 Å². The van der Waals surface area contributed by atoms with Gasteiger partial charge in [0, 0.05) is 24.9 Å². The van der Waals surface area contributed by atoms with Gasteiger partial charge < -0.3 is 0 Å². The summed E-state index contributed by atoms with van der Waals surface area (Å²) in [4.78, 5) is 8.00. The Labute approximate surface area is 55.0 Å². The molecule has 0 saturated carbocycles. The molecule has 0 unspecified atom stereocenters. The Kier molecular flexibility index (Phi) is 2.19. The van der Waals surface area contributed by atoms with Gasteiger partial charge in [0.15, 0.2) is 0 Å². The maximum Gasteiger partial charge on any atom is 0.128 e. The largest absolute Gasteiger partial charge is 0.241 e. The number of aromatic nitrogens is 2. The van der Waals surface area contributed by atoms with Crippen molar-refractivity contribution in [2.75, 3.05) is 0 Å². The summed E-state index contributed by atoms with van der Waals surface area (Å²) in [6.07, 6.45) is 5.37. The highest BCUT2D eigenvalue weighted by Crippen LogP contribution is 1.90. The number of hydrogen-bond donors (Lipinski definition) is 0. The summed E-state index contributed by atoms with van der Waals surface area (Å²) in [7, 11) is 0. The van der Waals surface area contributed by atoms with E-state index in [4.69, 9.17) is 0 Å². The Bertz CT molecular complexity index is 160. The van der Waals surface area contributed by atoms with Crippen molar-refractivity contribution >= 4 is 0 Å². The fourth-order valence-corrected chi connectivity index (χ4v) is 0.643. The first kappa shape index (κ1) is 6.20. The zero-order valence-electron chi connectivity index (χ0n) is 5.46. The third kappa shape index (κ3) is 1.80. The Balaban J connectivity index is 2.61. The molecule has 1 rings (SSSR count). The van der Waals surface area contributed by atoms with Gasteiger partial charge in [0.1, 0.15) is 5.82 Å². The standard InChI is InChI=1S/C7H9N2/c1-2-4-7-8-5-3-6-9-7/h5-6H,2,4H2,1H3. The van der Waals surface area contributed by atoms with Crippen molar-refractivity contribution in [1.29, 1.82) is 0 Å². The van der Waals surface area contributed by atoms with Crippen LogP contribution in [-0.2, 0) is 6.42 Å². The lowest BCUT2D eigenvalue weighted by atomic mass is 10.3. The van der Waals surface area contributed by atoms with Gasteiger partial charge in [-0.25, -0.2) is 9.97 Å². The average molecular weight is 121 g/mol. The van der Waals surface area contributed by atoms with Gasteiger partial charge in [-0.3, -0.25) is 0 Å². The highest BCUT2D eigenvalue weighted by molar-refractivity contribution is 4.86. The second-order valence-corrected chi connectivity index (χ2v) is 1.85. The molecule has 0 atom stereocenters. The summed E-state index contributed by atoms with van der Waals surface area (Å²) in [6, 6.07) is 2.77. The van der Waals surface area contributed by atoms with Gasteiger partial charge in [-0.2, -0.15) is 0 Å². The molecule has 1 radical (unpaired) electrons. The molecule has 0 saturated heterocycles. The van der Waals surface area contributed by atoms with Crippen molar-refractivity contribution in [2.45, 2.75) is 19.8 Å². The first-order valence-corrected chi connectivity index (χ1v) is 3.10. The molecule has 47 valence electrons. The minimum Gasteiger partial charge on any atom is -0.241 e. The zero-order chi connectivity index (χ0) is 6.53. The van der Waals surface area contributed by atoms with Crippen LogP contribution >= 0.6 is 0 Å². The van der Waals surface area contributed by atoms with Crippen molar-refractivity contribution in [3.05, 3.63) is 24.3 Å². The molecule has 0 N–H and O–H groups in total. The summed E-state index contributed by atoms with van der Waals surface area (Å²) < 4.78 is 0. The summed E-state index contributed by atoms with van der Waals surface area (Å²) in [5.41, 5.74) is 0. The number of aryl methyl sites for hydroxylation is 1. The van der Waals surface area contributed by atoms with Crippen molar-refractivity contribution in [3.8, 4) is 0 Å². The minimum atomic E-state index is 0.913. The lowest BCUT2D eigenvalue weighted by molar-refractivity contribution is 0.833. The van der Waals surface area contributed by atoms with Gasteiger partial charge in [0.25, 0.3) is 0 Å². The Morgan fingerprint density at radius 3 is 2.67 bits per heavy atom. The van der Waals surface area contributed by atoms with Crippen molar-refractivity contribution in [1.82, 2.24) is 9.97 Å². The maximum absolute atomic E-state index is 4.00. The fraction of sp³-hybridized carbons (Fsp3) is 0.429. The molecule has 0 aliphatic carbocycles. The lowest BCUT2D eigenvalue weighted by Crippen LogP contribution is -1.90. The van der Waals surface area contributed by atoms with Crippen LogP contribution < -0.4 is 0 Å². The molecule has 9 heavy (non-hydrogen) atoms. The Hall–Kier alpha value is -0.920. The predicted octanol–water partition coefficient (Wildman–Crippen LogP) is 1.23. The van der Waals surface area contributed by atoms with Crippen LogP contribution in [0.4, 0.5) is 0 Å². The number of hydrogen-bond acceptors (Lipinski definition) is 2. The van der Waals surface area contributed by atoms with E-state index >= 15 is 0 Å². The van der Waals surface area contributed by atoms with Gasteiger partial charge in [0.2, 0.25) is 0 Å². The zero-order valence-corrected chi connectivity index (χ0v) is 5.46. The predicted molar refractivity (Wildman–Crippen MR) is 34.9 cm³/mol. The lowest BCUT2D eigenvalue weighted by Gasteiger charge is -1.91. The van der Waals surface area contributed by atoms with Crippen molar-refractivity contribution in [2.24, 2.45) is 0 Å². The van der Waals surface area contributed by atoms with E-state index in [0.29, 0.717) is 0 Å². The van der Waals surface area contributed by atoms with Crippen molar-refractivity contribution in [3.63, 3.8) is 0 Å². The second-order valence-electron chi connectivity index (χ2n) is 1.85. The average Bonchev–Trinajstić information content (AvgIpc) is 1.91. The van der Waals surface area contributed by atoms with E-state index < -0.39 is 0 Å². The van der Waals surface area contributed by atoms with E-state index in [1.807, 2.05) is 0 Å². The molecular formula is C7H9N2. The van der Waals surface area contributed by atoms with Crippen LogP contribution in [0, 0.1) is 6.07 Å². The molecule has 2 heteroatoms. The third-order valence-electron chi connectivity index (χ3n) is 1.05. The Morgan fingerprint density at radius 1 is 1.44 bits per heavy atom. The van der Waals surface area contributed by atoms with Gasteiger partial charge in [0.05, 0.1) is 0 Å². The molecule has 0 amide bonds. The summed E-state index contributed by atoms with van der Waals surface area (Å²) >= 11 is 0. The van der Waals surface area contributed by atoms with Crippen LogP contribution in [-0.4, -0.2) is 9.97 Å². The van der Waals surface area contributed by atoms with Gasteiger partial charge in [-0.1, -0.05) is 6.92 Å². The van der Waals surface area contributed by atoms with Gasteiger partial charge >= 0.3 is 0 Å². The number of rotatable bonds is 2. The van der Waals surface area contributed by atoms with E-state index in [1.165, 1.54) is 0 Å². The van der Waals surface area contributed by atoms with Crippen molar-refractivity contribution < 1.29 is 0 Å². The maximum atomic E-state index is 4.00. The first-order chi connectivity index (χ1) is 4.43. The van der Waals surface area contributed by atoms with Crippen LogP contribution in [0.15, 0.2) is 12.4 Å². The van der Waals surface area contributed by atoms with Gasteiger partial charge in [-0.05, 0) is 6.42 Å². The highest BCUT2D eigenvalue weighted by Gasteiger charge is 1.88. The normalized spacial score (nSPS) is 9.44. The fourth-order valence-electron chi connectivity index (χ4n) is 0.643. The quantitative estimate of drug-likeness (QED) is 0.588. The van der Waals surface area contributed by atoms with Crippen LogP contribution in [0.5, 0.6) is 0 Å². The van der Waals surface area contributed by atoms with E-state index in [1.54, 1.807) is 12.4 Å². The van der Waals surface area contributed by atoms with Crippen LogP contribution in [0.1, 0.15) is 19.2 Å². The monoisotopic (exact) mass is 121 g/mol. The van der Waals surface area contributed by atoms with E-state index in [9.17, 15) is 0 Å². The SMILES string of the molecule is CCCc1nc[c]cn1. The molecule has 2 nitrogen and oxygen atoms in total. The molecule has 0 fully saturated rings.